The molecule has 0 unspecified atom stereocenters. The topological polar surface area (TPSA) is 38.7 Å². The molecule has 1 aromatic rings. The molecule has 1 N–H and O–H groups in total. The van der Waals surface area contributed by atoms with Crippen molar-refractivity contribution in [1.29, 1.82) is 0 Å². The highest BCUT2D eigenvalue weighted by molar-refractivity contribution is 9.10. The van der Waals surface area contributed by atoms with Crippen LogP contribution in [0, 0.1) is 0 Å². The molecule has 1 aliphatic heterocycles. The number of phenols is 1. The third-order valence-corrected chi connectivity index (χ3v) is 2.45. The van der Waals surface area contributed by atoms with E-state index in [1.54, 1.807) is 12.1 Å². The zero-order valence-corrected chi connectivity index (χ0v) is 8.50. The van der Waals surface area contributed by atoms with Crippen LogP contribution in [0.25, 0.3) is 0 Å². The van der Waals surface area contributed by atoms with Crippen LogP contribution in [0.3, 0.4) is 0 Å². The SMILES string of the molecule is Oc1cc2c(cc1Br)OCCCO2. The van der Waals surface area contributed by atoms with Gasteiger partial charge in [-0.15, -0.1) is 0 Å². The van der Waals surface area contributed by atoms with Crippen LogP contribution in [0.2, 0.25) is 0 Å². The second-order valence-electron chi connectivity index (χ2n) is 2.80. The fraction of sp³-hybridized carbons (Fsp3) is 0.333. The Kier molecular flexibility index (Phi) is 2.31. The Bertz CT molecular complexity index is 294. The average Bonchev–Trinajstić information content (AvgIpc) is 2.31. The number of hydrogen-bond donors (Lipinski definition) is 1. The average molecular weight is 245 g/mol. The fourth-order valence-corrected chi connectivity index (χ4v) is 1.50. The summed E-state index contributed by atoms with van der Waals surface area (Å²) < 4.78 is 11.4. The summed E-state index contributed by atoms with van der Waals surface area (Å²) in [6, 6.07) is 3.28. The minimum Gasteiger partial charge on any atom is -0.507 e. The standard InChI is InChI=1S/C9H9BrO3/c10-6-4-8-9(5-7(6)11)13-3-1-2-12-8/h4-5,11H,1-3H2. The predicted molar refractivity (Wildman–Crippen MR) is 51.4 cm³/mol. The molecule has 0 fully saturated rings. The van der Waals surface area contributed by atoms with E-state index in [1.165, 1.54) is 0 Å². The number of rotatable bonds is 0. The van der Waals surface area contributed by atoms with Gasteiger partial charge >= 0.3 is 0 Å². The van der Waals surface area contributed by atoms with Gasteiger partial charge in [-0.2, -0.15) is 0 Å². The summed E-state index contributed by atoms with van der Waals surface area (Å²) in [7, 11) is 0. The van der Waals surface area contributed by atoms with Gasteiger partial charge in [0.2, 0.25) is 0 Å². The van der Waals surface area contributed by atoms with E-state index in [9.17, 15) is 5.11 Å². The predicted octanol–water partition coefficient (Wildman–Crippen LogP) is 2.32. The van der Waals surface area contributed by atoms with E-state index < -0.39 is 0 Å². The van der Waals surface area contributed by atoms with E-state index in [4.69, 9.17) is 9.47 Å². The molecule has 70 valence electrons. The van der Waals surface area contributed by atoms with Gasteiger partial charge in [-0.05, 0) is 15.9 Å². The summed E-state index contributed by atoms with van der Waals surface area (Å²) in [6.07, 6.45) is 0.868. The van der Waals surface area contributed by atoms with Crippen molar-refractivity contribution in [3.05, 3.63) is 16.6 Å². The summed E-state index contributed by atoms with van der Waals surface area (Å²) in [5, 5.41) is 9.38. The molecule has 0 spiro atoms. The van der Waals surface area contributed by atoms with Crippen molar-refractivity contribution in [1.82, 2.24) is 0 Å². The zero-order valence-electron chi connectivity index (χ0n) is 6.92. The fourth-order valence-electron chi connectivity index (χ4n) is 1.17. The lowest BCUT2D eigenvalue weighted by atomic mass is 10.3. The third-order valence-electron chi connectivity index (χ3n) is 1.82. The number of phenolic OH excluding ortho intramolecular Hbond substituents is 1. The number of halogens is 1. The molecule has 0 amide bonds. The van der Waals surface area contributed by atoms with Gasteiger partial charge in [-0.3, -0.25) is 0 Å². The molecular weight excluding hydrogens is 236 g/mol. The van der Waals surface area contributed by atoms with E-state index in [0.717, 1.165) is 6.42 Å². The molecule has 2 rings (SSSR count). The van der Waals surface area contributed by atoms with Gasteiger partial charge in [0, 0.05) is 18.6 Å². The van der Waals surface area contributed by atoms with Crippen molar-refractivity contribution in [3.63, 3.8) is 0 Å². The maximum atomic E-state index is 9.38. The van der Waals surface area contributed by atoms with E-state index in [-0.39, 0.29) is 5.75 Å². The summed E-state index contributed by atoms with van der Waals surface area (Å²) >= 11 is 3.21. The Morgan fingerprint density at radius 2 is 1.77 bits per heavy atom. The van der Waals surface area contributed by atoms with Gasteiger partial charge in [-0.1, -0.05) is 0 Å². The van der Waals surface area contributed by atoms with Gasteiger partial charge in [-0.25, -0.2) is 0 Å². The first-order valence-electron chi connectivity index (χ1n) is 4.05. The number of aromatic hydroxyl groups is 1. The summed E-state index contributed by atoms with van der Waals surface area (Å²) in [4.78, 5) is 0. The molecule has 1 heterocycles. The van der Waals surface area contributed by atoms with Crippen LogP contribution in [-0.2, 0) is 0 Å². The first-order chi connectivity index (χ1) is 6.27. The molecule has 0 radical (unpaired) electrons. The number of ether oxygens (including phenoxy) is 2. The lowest BCUT2D eigenvalue weighted by Gasteiger charge is -2.07. The highest BCUT2D eigenvalue weighted by atomic mass is 79.9. The van der Waals surface area contributed by atoms with Crippen molar-refractivity contribution in [3.8, 4) is 17.2 Å². The van der Waals surface area contributed by atoms with Gasteiger partial charge in [0.15, 0.2) is 11.5 Å². The molecule has 0 saturated carbocycles. The van der Waals surface area contributed by atoms with Gasteiger partial charge < -0.3 is 14.6 Å². The van der Waals surface area contributed by atoms with Crippen LogP contribution in [0.1, 0.15) is 6.42 Å². The molecule has 0 saturated heterocycles. The molecule has 1 aromatic carbocycles. The van der Waals surface area contributed by atoms with Crippen LogP contribution < -0.4 is 9.47 Å². The molecular formula is C9H9BrO3. The minimum absolute atomic E-state index is 0.171. The third kappa shape index (κ3) is 1.72. The van der Waals surface area contributed by atoms with E-state index >= 15 is 0 Å². The molecule has 0 atom stereocenters. The summed E-state index contributed by atoms with van der Waals surface area (Å²) in [5.74, 6) is 1.46. The van der Waals surface area contributed by atoms with Crippen LogP contribution in [0.5, 0.6) is 17.2 Å². The highest BCUT2D eigenvalue weighted by Crippen LogP contribution is 2.38. The monoisotopic (exact) mass is 244 g/mol. The van der Waals surface area contributed by atoms with Crippen LogP contribution in [-0.4, -0.2) is 18.3 Å². The van der Waals surface area contributed by atoms with Gasteiger partial charge in [0.05, 0.1) is 17.7 Å². The first-order valence-corrected chi connectivity index (χ1v) is 4.85. The Morgan fingerprint density at radius 1 is 1.15 bits per heavy atom. The van der Waals surface area contributed by atoms with E-state index in [0.29, 0.717) is 29.2 Å². The Balaban J connectivity index is 2.43. The summed E-state index contributed by atoms with van der Waals surface area (Å²) in [5.41, 5.74) is 0. The lowest BCUT2D eigenvalue weighted by molar-refractivity contribution is 0.296. The Morgan fingerprint density at radius 3 is 2.46 bits per heavy atom. The van der Waals surface area contributed by atoms with Gasteiger partial charge in [0.1, 0.15) is 5.75 Å². The first kappa shape index (κ1) is 8.69. The maximum Gasteiger partial charge on any atom is 0.164 e. The maximum absolute atomic E-state index is 9.38. The number of fused-ring (bicyclic) bond motifs is 1. The normalized spacial score (nSPS) is 15.2. The second kappa shape index (κ2) is 3.46. The Labute approximate surface area is 84.4 Å². The molecule has 0 aliphatic carbocycles. The molecule has 4 heteroatoms. The van der Waals surface area contributed by atoms with Gasteiger partial charge in [0.25, 0.3) is 0 Å². The number of benzene rings is 1. The second-order valence-corrected chi connectivity index (χ2v) is 3.66. The van der Waals surface area contributed by atoms with Crippen molar-refractivity contribution >= 4 is 15.9 Å². The highest BCUT2D eigenvalue weighted by Gasteiger charge is 2.12. The van der Waals surface area contributed by atoms with Crippen molar-refractivity contribution in [2.75, 3.05) is 13.2 Å². The zero-order chi connectivity index (χ0) is 9.26. The molecule has 0 bridgehead atoms. The van der Waals surface area contributed by atoms with Crippen LogP contribution in [0.4, 0.5) is 0 Å². The van der Waals surface area contributed by atoms with Crippen molar-refractivity contribution < 1.29 is 14.6 Å². The van der Waals surface area contributed by atoms with E-state index in [1.807, 2.05) is 0 Å². The van der Waals surface area contributed by atoms with Crippen LogP contribution in [0.15, 0.2) is 16.6 Å². The molecule has 13 heavy (non-hydrogen) atoms. The minimum atomic E-state index is 0.171. The lowest BCUT2D eigenvalue weighted by Crippen LogP contribution is -1.97. The smallest absolute Gasteiger partial charge is 0.164 e. The Hall–Kier alpha value is -0.900. The molecule has 3 nitrogen and oxygen atoms in total. The quantitative estimate of drug-likeness (QED) is 0.762. The number of hydrogen-bond acceptors (Lipinski definition) is 3. The van der Waals surface area contributed by atoms with Crippen molar-refractivity contribution in [2.45, 2.75) is 6.42 Å². The van der Waals surface area contributed by atoms with E-state index in [2.05, 4.69) is 15.9 Å². The molecule has 0 aromatic heterocycles. The molecule has 1 aliphatic rings. The summed E-state index contributed by atoms with van der Waals surface area (Å²) in [6.45, 7) is 1.29. The largest absolute Gasteiger partial charge is 0.507 e. The van der Waals surface area contributed by atoms with Crippen LogP contribution >= 0.6 is 15.9 Å². The van der Waals surface area contributed by atoms with Crippen molar-refractivity contribution in [2.24, 2.45) is 0 Å².